The molecule has 2 heterocycles. The van der Waals surface area contributed by atoms with Crippen LogP contribution in [-0.4, -0.2) is 72.0 Å². The predicted molar refractivity (Wildman–Crippen MR) is 110 cm³/mol. The summed E-state index contributed by atoms with van der Waals surface area (Å²) in [7, 11) is 1.66. The van der Waals surface area contributed by atoms with Crippen LogP contribution in [0.3, 0.4) is 0 Å². The van der Waals surface area contributed by atoms with Crippen LogP contribution < -0.4 is 10.1 Å². The van der Waals surface area contributed by atoms with Gasteiger partial charge in [0.2, 0.25) is 0 Å². The average molecular weight is 386 g/mol. The molecule has 1 N–H and O–H groups in total. The Labute approximate surface area is 167 Å². The van der Waals surface area contributed by atoms with Crippen molar-refractivity contribution in [1.29, 1.82) is 0 Å². The Morgan fingerprint density at radius 1 is 1.11 bits per heavy atom. The third-order valence-corrected chi connectivity index (χ3v) is 5.24. The quantitative estimate of drug-likeness (QED) is 0.793. The molecule has 1 aliphatic heterocycles. The summed E-state index contributed by atoms with van der Waals surface area (Å²) in [6.45, 7) is 9.98. The summed E-state index contributed by atoms with van der Waals surface area (Å²) in [5.74, 6) is 0.850. The summed E-state index contributed by atoms with van der Waals surface area (Å²) < 4.78 is 7.23. The van der Waals surface area contributed by atoms with E-state index in [1.54, 1.807) is 7.11 Å². The zero-order chi connectivity index (χ0) is 19.9. The topological polar surface area (TPSA) is 62.6 Å². The third kappa shape index (κ3) is 5.48. The van der Waals surface area contributed by atoms with Gasteiger partial charge in [-0.3, -0.25) is 9.58 Å². The summed E-state index contributed by atoms with van der Waals surface area (Å²) in [5.41, 5.74) is 3.45. The molecule has 0 bridgehead atoms. The van der Waals surface area contributed by atoms with Crippen molar-refractivity contribution in [3.8, 4) is 5.75 Å². The zero-order valence-electron chi connectivity index (χ0n) is 17.1. The van der Waals surface area contributed by atoms with Crippen LogP contribution in [0.4, 0.5) is 4.79 Å². The van der Waals surface area contributed by atoms with Crippen LogP contribution >= 0.6 is 0 Å². The molecule has 1 aromatic carbocycles. The largest absolute Gasteiger partial charge is 0.497 e. The molecule has 7 heteroatoms. The number of methoxy groups -OCH3 is 1. The Balaban J connectivity index is 1.34. The molecular weight excluding hydrogens is 354 g/mol. The maximum atomic E-state index is 12.4. The number of carbonyl (C=O) groups excluding carboxylic acids is 1. The molecule has 0 spiro atoms. The molecule has 0 radical (unpaired) electrons. The van der Waals surface area contributed by atoms with Crippen LogP contribution in [-0.2, 0) is 13.0 Å². The van der Waals surface area contributed by atoms with Crippen LogP contribution in [0.1, 0.15) is 17.0 Å². The number of hydrogen-bond donors (Lipinski definition) is 1. The van der Waals surface area contributed by atoms with Crippen LogP contribution in [0.15, 0.2) is 30.3 Å². The summed E-state index contributed by atoms with van der Waals surface area (Å²) in [6.07, 6.45) is 0.818. The highest BCUT2D eigenvalue weighted by molar-refractivity contribution is 5.74. The normalized spacial score (nSPS) is 14.9. The fourth-order valence-corrected chi connectivity index (χ4v) is 3.53. The first kappa shape index (κ1) is 20.2. The lowest BCUT2D eigenvalue weighted by Crippen LogP contribution is -2.52. The van der Waals surface area contributed by atoms with Gasteiger partial charge in [0.1, 0.15) is 5.75 Å². The standard InChI is InChI=1S/C21H31N5O2/c1-17-16-18(2)26(23-17)15-12-24-10-13-25(14-11-24)21(27)22-9-8-19-4-6-20(28-3)7-5-19/h4-7,16H,8-15H2,1-3H3,(H,22,27). The molecule has 0 saturated carbocycles. The van der Waals surface area contributed by atoms with Crippen molar-refractivity contribution in [2.75, 3.05) is 46.4 Å². The molecule has 28 heavy (non-hydrogen) atoms. The van der Waals surface area contributed by atoms with Crippen molar-refractivity contribution in [3.63, 3.8) is 0 Å². The van der Waals surface area contributed by atoms with Crippen molar-refractivity contribution in [2.45, 2.75) is 26.8 Å². The lowest BCUT2D eigenvalue weighted by atomic mass is 10.1. The fourth-order valence-electron chi connectivity index (χ4n) is 3.53. The molecule has 152 valence electrons. The molecule has 2 amide bonds. The number of aromatic nitrogens is 2. The summed E-state index contributed by atoms with van der Waals surface area (Å²) in [6, 6.07) is 10.1. The van der Waals surface area contributed by atoms with Crippen molar-refractivity contribution in [3.05, 3.63) is 47.3 Å². The number of nitrogens with zero attached hydrogens (tertiary/aromatic N) is 4. The number of hydrogen-bond acceptors (Lipinski definition) is 4. The molecule has 0 aliphatic carbocycles. The number of piperazine rings is 1. The van der Waals surface area contributed by atoms with Crippen molar-refractivity contribution in [1.82, 2.24) is 24.9 Å². The van der Waals surface area contributed by atoms with E-state index in [2.05, 4.69) is 33.0 Å². The van der Waals surface area contributed by atoms with Crippen molar-refractivity contribution < 1.29 is 9.53 Å². The second-order valence-electron chi connectivity index (χ2n) is 7.31. The number of ether oxygens (including phenoxy) is 1. The molecule has 2 aromatic rings. The number of carbonyl (C=O) groups is 1. The van der Waals surface area contributed by atoms with Gasteiger partial charge in [0.25, 0.3) is 0 Å². The van der Waals surface area contributed by atoms with Gasteiger partial charge in [-0.15, -0.1) is 0 Å². The fraction of sp³-hybridized carbons (Fsp3) is 0.524. The van der Waals surface area contributed by atoms with E-state index in [0.29, 0.717) is 6.54 Å². The number of amides is 2. The molecular formula is C21H31N5O2. The van der Waals surface area contributed by atoms with E-state index >= 15 is 0 Å². The van der Waals surface area contributed by atoms with Crippen LogP contribution in [0, 0.1) is 13.8 Å². The Kier molecular flexibility index (Phi) is 6.92. The van der Waals surface area contributed by atoms with Crippen LogP contribution in [0.25, 0.3) is 0 Å². The molecule has 1 aliphatic rings. The Hall–Kier alpha value is -2.54. The number of rotatable bonds is 7. The molecule has 0 unspecified atom stereocenters. The maximum absolute atomic E-state index is 12.4. The maximum Gasteiger partial charge on any atom is 0.317 e. The number of aryl methyl sites for hydroxylation is 2. The van der Waals surface area contributed by atoms with Crippen molar-refractivity contribution >= 4 is 6.03 Å². The molecule has 1 fully saturated rings. The van der Waals surface area contributed by atoms with Gasteiger partial charge in [0.05, 0.1) is 19.3 Å². The highest BCUT2D eigenvalue weighted by atomic mass is 16.5. The molecule has 1 saturated heterocycles. The minimum Gasteiger partial charge on any atom is -0.497 e. The second kappa shape index (κ2) is 9.59. The third-order valence-electron chi connectivity index (χ3n) is 5.24. The van der Waals surface area contributed by atoms with Crippen molar-refractivity contribution in [2.24, 2.45) is 0 Å². The van der Waals surface area contributed by atoms with Gasteiger partial charge in [-0.05, 0) is 44.0 Å². The van der Waals surface area contributed by atoms with Gasteiger partial charge in [-0.1, -0.05) is 12.1 Å². The minimum absolute atomic E-state index is 0.0340. The summed E-state index contributed by atoms with van der Waals surface area (Å²) in [4.78, 5) is 16.7. The lowest BCUT2D eigenvalue weighted by molar-refractivity contribution is 0.136. The van der Waals surface area contributed by atoms with Gasteiger partial charge >= 0.3 is 6.03 Å². The molecule has 1 aromatic heterocycles. The highest BCUT2D eigenvalue weighted by Crippen LogP contribution is 2.11. The first-order valence-corrected chi connectivity index (χ1v) is 9.94. The molecule has 7 nitrogen and oxygen atoms in total. The smallest absolute Gasteiger partial charge is 0.317 e. The first-order chi connectivity index (χ1) is 13.5. The molecule has 0 atom stereocenters. The van der Waals surface area contributed by atoms with Gasteiger partial charge in [0, 0.05) is 45.0 Å². The SMILES string of the molecule is COc1ccc(CCNC(=O)N2CCN(CCn3nc(C)cc3C)CC2)cc1. The van der Waals surface area contributed by atoms with E-state index in [-0.39, 0.29) is 6.03 Å². The minimum atomic E-state index is 0.0340. The predicted octanol–water partition coefficient (Wildman–Crippen LogP) is 2.08. The monoisotopic (exact) mass is 385 g/mol. The van der Waals surface area contributed by atoms with E-state index in [4.69, 9.17) is 4.74 Å². The van der Waals surface area contributed by atoms with Gasteiger partial charge in [-0.25, -0.2) is 4.79 Å². The number of urea groups is 1. The van der Waals surface area contributed by atoms with E-state index in [1.165, 1.54) is 11.3 Å². The summed E-state index contributed by atoms with van der Waals surface area (Å²) in [5, 5.41) is 7.55. The van der Waals surface area contributed by atoms with Crippen LogP contribution in [0.5, 0.6) is 5.75 Å². The Morgan fingerprint density at radius 2 is 1.82 bits per heavy atom. The highest BCUT2D eigenvalue weighted by Gasteiger charge is 2.20. The van der Waals surface area contributed by atoms with Gasteiger partial charge < -0.3 is 15.0 Å². The Bertz CT molecular complexity index is 764. The first-order valence-electron chi connectivity index (χ1n) is 9.94. The van der Waals surface area contributed by atoms with E-state index in [1.807, 2.05) is 36.1 Å². The van der Waals surface area contributed by atoms with Crippen LogP contribution in [0.2, 0.25) is 0 Å². The van der Waals surface area contributed by atoms with E-state index in [9.17, 15) is 4.79 Å². The average Bonchev–Trinajstić information content (AvgIpc) is 3.04. The second-order valence-corrected chi connectivity index (χ2v) is 7.31. The van der Waals surface area contributed by atoms with E-state index in [0.717, 1.165) is 57.1 Å². The van der Waals surface area contributed by atoms with E-state index < -0.39 is 0 Å². The summed E-state index contributed by atoms with van der Waals surface area (Å²) >= 11 is 0. The lowest BCUT2D eigenvalue weighted by Gasteiger charge is -2.34. The number of nitrogens with one attached hydrogen (secondary N) is 1. The Morgan fingerprint density at radius 3 is 2.43 bits per heavy atom. The van der Waals surface area contributed by atoms with Gasteiger partial charge in [0.15, 0.2) is 0 Å². The molecule has 3 rings (SSSR count). The zero-order valence-corrected chi connectivity index (χ0v) is 17.1. The van der Waals surface area contributed by atoms with Gasteiger partial charge in [-0.2, -0.15) is 5.10 Å². The number of benzene rings is 1.